The average molecular weight is 777 g/mol. The van der Waals surface area contributed by atoms with Gasteiger partial charge in [-0.3, -0.25) is 0 Å². The number of benzene rings is 9. The van der Waals surface area contributed by atoms with E-state index >= 15 is 0 Å². The third-order valence-electron chi connectivity index (χ3n) is 14.1. The summed E-state index contributed by atoms with van der Waals surface area (Å²) in [6.45, 7) is 19.1. The fourth-order valence-electron chi connectivity index (χ4n) is 11.1. The number of hydrogen-bond donors (Lipinski definition) is 0. The van der Waals surface area contributed by atoms with Crippen LogP contribution in [0.2, 0.25) is 0 Å². The van der Waals surface area contributed by atoms with E-state index in [2.05, 4.69) is 223 Å². The van der Waals surface area contributed by atoms with Crippen LogP contribution in [0.25, 0.3) is 43.4 Å². The molecule has 0 aromatic heterocycles. The Balaban J connectivity index is 1.26. The van der Waals surface area contributed by atoms with Gasteiger partial charge in [0.1, 0.15) is 0 Å². The highest BCUT2D eigenvalue weighted by Crippen LogP contribution is 2.59. The van der Waals surface area contributed by atoms with Crippen LogP contribution < -0.4 is 9.80 Å². The second kappa shape index (κ2) is 13.1. The van der Waals surface area contributed by atoms with Crippen molar-refractivity contribution in [2.24, 2.45) is 0 Å². The van der Waals surface area contributed by atoms with Crippen LogP contribution in [0, 0.1) is 0 Å². The lowest BCUT2D eigenvalue weighted by atomic mass is 9.71. The fourth-order valence-corrected chi connectivity index (χ4v) is 11.1. The second-order valence-corrected chi connectivity index (χ2v) is 18.9. The third kappa shape index (κ3) is 5.06. The average Bonchev–Trinajstić information content (AvgIpc) is 3.48. The molecule has 0 atom stereocenters. The van der Waals surface area contributed by atoms with Crippen LogP contribution in [0.1, 0.15) is 101 Å². The molecular weight excluding hydrogens is 725 g/mol. The zero-order valence-electron chi connectivity index (χ0n) is 36.1. The Bertz CT molecular complexity index is 3110. The van der Waals surface area contributed by atoms with Crippen molar-refractivity contribution in [3.8, 4) is 11.1 Å². The molecule has 0 N–H and O–H groups in total. The number of nitrogens with zero attached hydrogens (tertiary/aromatic N) is 2. The van der Waals surface area contributed by atoms with E-state index in [0.29, 0.717) is 11.8 Å². The smallest absolute Gasteiger partial charge is 0.0543 e. The maximum atomic E-state index is 2.64. The highest BCUT2D eigenvalue weighted by molar-refractivity contribution is 6.30. The lowest BCUT2D eigenvalue weighted by Gasteiger charge is -2.43. The topological polar surface area (TPSA) is 6.48 Å². The molecule has 0 saturated carbocycles. The van der Waals surface area contributed by atoms with Crippen molar-refractivity contribution in [1.29, 1.82) is 0 Å². The number of para-hydroxylation sites is 3. The summed E-state index contributed by atoms with van der Waals surface area (Å²) in [6.07, 6.45) is 0. The molecule has 0 amide bonds. The molecule has 1 heterocycles. The summed E-state index contributed by atoms with van der Waals surface area (Å²) >= 11 is 0. The van der Waals surface area contributed by atoms with Gasteiger partial charge in [-0.2, -0.15) is 0 Å². The van der Waals surface area contributed by atoms with Crippen molar-refractivity contribution >= 4 is 66.4 Å². The lowest BCUT2D eigenvalue weighted by Crippen LogP contribution is -2.31. The maximum Gasteiger partial charge on any atom is 0.0543 e. The SMILES string of the molecule is CC(C)c1cc2ccc(N3c4ccccc4C(C)(C)c4cc5c(cc43)C(C)(C)c3ccccc3-5)c3c(C(C)C)cc4ccc(N(c5ccccc5)c5ccccc5)c1c4c23. The Kier molecular flexibility index (Phi) is 7.98. The summed E-state index contributed by atoms with van der Waals surface area (Å²) in [5, 5.41) is 7.99. The van der Waals surface area contributed by atoms with Crippen LogP contribution in [0.15, 0.2) is 158 Å². The van der Waals surface area contributed by atoms with Gasteiger partial charge in [-0.1, -0.05) is 159 Å². The fraction of sp³-hybridized carbons (Fsp3) is 0.207. The quantitative estimate of drug-likeness (QED) is 0.155. The zero-order valence-corrected chi connectivity index (χ0v) is 36.1. The summed E-state index contributed by atoms with van der Waals surface area (Å²) < 4.78 is 0. The zero-order chi connectivity index (χ0) is 41.2. The molecule has 2 nitrogen and oxygen atoms in total. The molecule has 0 unspecified atom stereocenters. The Morgan fingerprint density at radius 2 is 0.933 bits per heavy atom. The molecule has 9 aromatic carbocycles. The number of hydrogen-bond acceptors (Lipinski definition) is 2. The summed E-state index contributed by atoms with van der Waals surface area (Å²) in [7, 11) is 0. The van der Waals surface area contributed by atoms with Crippen LogP contribution in [0.3, 0.4) is 0 Å². The predicted molar refractivity (Wildman–Crippen MR) is 257 cm³/mol. The number of rotatable bonds is 6. The van der Waals surface area contributed by atoms with Crippen LogP contribution in [-0.4, -0.2) is 0 Å². The molecule has 60 heavy (non-hydrogen) atoms. The second-order valence-electron chi connectivity index (χ2n) is 18.9. The summed E-state index contributed by atoms with van der Waals surface area (Å²) in [4.78, 5) is 5.10. The van der Waals surface area contributed by atoms with Gasteiger partial charge in [-0.15, -0.1) is 0 Å². The summed E-state index contributed by atoms with van der Waals surface area (Å²) in [5.41, 5.74) is 18.0. The molecular formula is C58H52N2. The molecule has 2 heteroatoms. The van der Waals surface area contributed by atoms with Gasteiger partial charge in [0.25, 0.3) is 0 Å². The summed E-state index contributed by atoms with van der Waals surface area (Å²) in [5.74, 6) is 0.615. The molecule has 0 spiro atoms. The van der Waals surface area contributed by atoms with Gasteiger partial charge in [0, 0.05) is 33.0 Å². The van der Waals surface area contributed by atoms with E-state index in [1.807, 2.05) is 0 Å². The maximum absolute atomic E-state index is 2.64. The van der Waals surface area contributed by atoms with Gasteiger partial charge in [0.05, 0.1) is 22.7 Å². The normalized spacial score (nSPS) is 14.9. The molecule has 0 radical (unpaired) electrons. The molecule has 294 valence electrons. The first-order chi connectivity index (χ1) is 29.0. The molecule has 11 rings (SSSR count). The summed E-state index contributed by atoms with van der Waals surface area (Å²) in [6, 6.07) is 59.7. The molecule has 0 bridgehead atoms. The van der Waals surface area contributed by atoms with Crippen LogP contribution in [0.5, 0.6) is 0 Å². The van der Waals surface area contributed by atoms with Crippen LogP contribution in [0.4, 0.5) is 34.1 Å². The van der Waals surface area contributed by atoms with E-state index in [4.69, 9.17) is 0 Å². The van der Waals surface area contributed by atoms with E-state index in [0.717, 1.165) is 11.4 Å². The van der Waals surface area contributed by atoms with E-state index in [-0.39, 0.29) is 10.8 Å². The Hall–Kier alpha value is -6.38. The van der Waals surface area contributed by atoms with Crippen molar-refractivity contribution < 1.29 is 0 Å². The van der Waals surface area contributed by atoms with Gasteiger partial charge >= 0.3 is 0 Å². The number of fused-ring (bicyclic) bond motifs is 5. The van der Waals surface area contributed by atoms with Crippen molar-refractivity contribution in [2.75, 3.05) is 9.80 Å². The van der Waals surface area contributed by atoms with Gasteiger partial charge in [0.15, 0.2) is 0 Å². The van der Waals surface area contributed by atoms with Crippen molar-refractivity contribution in [3.05, 3.63) is 191 Å². The first-order valence-electron chi connectivity index (χ1n) is 21.8. The van der Waals surface area contributed by atoms with E-state index in [9.17, 15) is 0 Å². The van der Waals surface area contributed by atoms with Gasteiger partial charge in [-0.05, 0) is 132 Å². The van der Waals surface area contributed by atoms with Gasteiger partial charge in [0.2, 0.25) is 0 Å². The molecule has 9 aromatic rings. The molecule has 0 fully saturated rings. The lowest BCUT2D eigenvalue weighted by molar-refractivity contribution is 0.627. The largest absolute Gasteiger partial charge is 0.310 e. The monoisotopic (exact) mass is 776 g/mol. The van der Waals surface area contributed by atoms with Crippen LogP contribution >= 0.6 is 0 Å². The van der Waals surface area contributed by atoms with E-state index in [1.54, 1.807) is 0 Å². The minimum absolute atomic E-state index is 0.119. The molecule has 1 aliphatic heterocycles. The van der Waals surface area contributed by atoms with Crippen LogP contribution in [-0.2, 0) is 10.8 Å². The first kappa shape index (κ1) is 36.7. The van der Waals surface area contributed by atoms with E-state index in [1.165, 1.54) is 99.6 Å². The van der Waals surface area contributed by atoms with Crippen molar-refractivity contribution in [1.82, 2.24) is 0 Å². The standard InChI is InChI=1S/C58H52N2/c1-35(2)42-31-38-28-30-51(60-49-26-18-17-25-46(49)58(7,8)48-33-44-41-23-15-16-24-45(41)57(5,6)47(44)34-52(48)60)56-43(36(3)4)32-37-27-29-50(55(42)53(37)54(38)56)59(39-19-11-9-12-20-39)40-21-13-10-14-22-40/h9-36H,1-8H3. The number of anilines is 6. The molecule has 1 aliphatic carbocycles. The van der Waals surface area contributed by atoms with Crippen molar-refractivity contribution in [3.63, 3.8) is 0 Å². The molecule has 0 saturated heterocycles. The predicted octanol–water partition coefficient (Wildman–Crippen LogP) is 16.7. The van der Waals surface area contributed by atoms with Gasteiger partial charge in [-0.25, -0.2) is 0 Å². The Morgan fingerprint density at radius 1 is 0.400 bits per heavy atom. The highest BCUT2D eigenvalue weighted by Gasteiger charge is 2.42. The molecule has 2 aliphatic rings. The first-order valence-corrected chi connectivity index (χ1v) is 21.8. The minimum Gasteiger partial charge on any atom is -0.310 e. The van der Waals surface area contributed by atoms with Gasteiger partial charge < -0.3 is 9.80 Å². The third-order valence-corrected chi connectivity index (χ3v) is 14.1. The van der Waals surface area contributed by atoms with E-state index < -0.39 is 0 Å². The van der Waals surface area contributed by atoms with Crippen molar-refractivity contribution in [2.45, 2.75) is 78.1 Å². The minimum atomic E-state index is -0.205. The highest BCUT2D eigenvalue weighted by atomic mass is 15.2. The Morgan fingerprint density at radius 3 is 1.58 bits per heavy atom. The Labute approximate surface area is 355 Å².